The molecule has 0 saturated carbocycles. The summed E-state index contributed by atoms with van der Waals surface area (Å²) in [6, 6.07) is 5.27. The Kier molecular flexibility index (Phi) is 5.08. The van der Waals surface area contributed by atoms with E-state index in [9.17, 15) is 9.59 Å². The Morgan fingerprint density at radius 2 is 1.92 bits per heavy atom. The number of hydrogen-bond acceptors (Lipinski definition) is 4. The van der Waals surface area contributed by atoms with Gasteiger partial charge in [-0.05, 0) is 38.5 Å². The van der Waals surface area contributed by atoms with E-state index >= 15 is 0 Å². The molecule has 0 aliphatic carbocycles. The quantitative estimate of drug-likeness (QED) is 0.774. The first kappa shape index (κ1) is 18.1. The van der Waals surface area contributed by atoms with Crippen LogP contribution in [-0.4, -0.2) is 49.7 Å². The minimum Gasteiger partial charge on any atom is -0.268 e. The van der Waals surface area contributed by atoms with Crippen LogP contribution >= 0.6 is 11.6 Å². The number of carbonyl (C=O) groups excluding carboxylic acids is 2. The summed E-state index contributed by atoms with van der Waals surface area (Å²) in [5, 5.41) is 7.57. The summed E-state index contributed by atoms with van der Waals surface area (Å²) in [5.41, 5.74) is 2.52. The van der Waals surface area contributed by atoms with Gasteiger partial charge in [0.15, 0.2) is 0 Å². The standard InChI is InChI=1S/C18H20ClN5O2/c1-12-6-4-7-15(20-12)18(26)24-11-5-10-23(24)16(25)9-8-14-13(2)21-22(3)17(14)19/h4,6-9H,5,10-11H2,1-3H3/b9-8+. The molecule has 136 valence electrons. The fraction of sp³-hybridized carbons (Fsp3) is 0.333. The number of hydrogen-bond donors (Lipinski definition) is 0. The summed E-state index contributed by atoms with van der Waals surface area (Å²) in [5.74, 6) is -0.550. The van der Waals surface area contributed by atoms with Gasteiger partial charge in [0.25, 0.3) is 11.8 Å². The molecule has 1 fully saturated rings. The summed E-state index contributed by atoms with van der Waals surface area (Å²) in [6.45, 7) is 4.62. The van der Waals surface area contributed by atoms with E-state index in [1.54, 1.807) is 29.9 Å². The van der Waals surface area contributed by atoms with Crippen molar-refractivity contribution in [2.45, 2.75) is 20.3 Å². The van der Waals surface area contributed by atoms with Crippen LogP contribution in [0.4, 0.5) is 0 Å². The van der Waals surface area contributed by atoms with Crippen molar-refractivity contribution in [1.29, 1.82) is 0 Å². The van der Waals surface area contributed by atoms with E-state index in [1.807, 2.05) is 19.9 Å². The van der Waals surface area contributed by atoms with Gasteiger partial charge in [-0.25, -0.2) is 15.0 Å². The highest BCUT2D eigenvalue weighted by atomic mass is 35.5. The zero-order valence-electron chi connectivity index (χ0n) is 14.9. The van der Waals surface area contributed by atoms with Gasteiger partial charge in [0, 0.05) is 37.5 Å². The highest BCUT2D eigenvalue weighted by Gasteiger charge is 2.31. The molecule has 1 saturated heterocycles. The van der Waals surface area contributed by atoms with Crippen molar-refractivity contribution in [3.63, 3.8) is 0 Å². The van der Waals surface area contributed by atoms with Gasteiger partial charge in [0.05, 0.1) is 5.69 Å². The molecule has 0 unspecified atom stereocenters. The number of hydrazine groups is 1. The molecule has 0 radical (unpaired) electrons. The number of rotatable bonds is 3. The molecule has 2 aromatic heterocycles. The number of pyridine rings is 1. The van der Waals surface area contributed by atoms with E-state index in [0.29, 0.717) is 29.5 Å². The SMILES string of the molecule is Cc1cccc(C(=O)N2CCCN2C(=O)/C=C/c2c(C)nn(C)c2Cl)n1. The van der Waals surface area contributed by atoms with Gasteiger partial charge in [0.1, 0.15) is 10.8 Å². The molecule has 2 amide bonds. The van der Waals surface area contributed by atoms with Crippen LogP contribution < -0.4 is 0 Å². The largest absolute Gasteiger partial charge is 0.291 e. The van der Waals surface area contributed by atoms with Crippen LogP contribution in [0.2, 0.25) is 5.15 Å². The Bertz CT molecular complexity index is 890. The average molecular weight is 374 g/mol. The Hall–Kier alpha value is -2.67. The molecule has 1 aliphatic rings. The van der Waals surface area contributed by atoms with Crippen LogP contribution in [0.3, 0.4) is 0 Å². The first-order chi connectivity index (χ1) is 12.4. The van der Waals surface area contributed by atoms with Crippen molar-refractivity contribution < 1.29 is 9.59 Å². The molecule has 0 aromatic carbocycles. The molecular weight excluding hydrogens is 354 g/mol. The molecule has 1 aliphatic heterocycles. The third kappa shape index (κ3) is 3.48. The minimum absolute atomic E-state index is 0.274. The number of aryl methyl sites for hydroxylation is 3. The average Bonchev–Trinajstić information content (AvgIpc) is 3.18. The Balaban J connectivity index is 1.78. The van der Waals surface area contributed by atoms with Crippen molar-refractivity contribution in [3.05, 3.63) is 52.1 Å². The number of amides is 2. The lowest BCUT2D eigenvalue weighted by Gasteiger charge is -2.26. The summed E-state index contributed by atoms with van der Waals surface area (Å²) in [4.78, 5) is 29.6. The third-order valence-electron chi connectivity index (χ3n) is 4.22. The molecule has 3 rings (SSSR count). The van der Waals surface area contributed by atoms with Gasteiger partial charge >= 0.3 is 0 Å². The van der Waals surface area contributed by atoms with Gasteiger partial charge in [-0.2, -0.15) is 5.10 Å². The van der Waals surface area contributed by atoms with Gasteiger partial charge in [0.2, 0.25) is 0 Å². The lowest BCUT2D eigenvalue weighted by atomic mass is 10.2. The zero-order valence-corrected chi connectivity index (χ0v) is 15.7. The van der Waals surface area contributed by atoms with Gasteiger partial charge in [-0.15, -0.1) is 0 Å². The van der Waals surface area contributed by atoms with E-state index < -0.39 is 0 Å². The smallest absolute Gasteiger partial charge is 0.268 e. The molecule has 26 heavy (non-hydrogen) atoms. The summed E-state index contributed by atoms with van der Waals surface area (Å²) >= 11 is 6.18. The fourth-order valence-corrected chi connectivity index (χ4v) is 3.16. The van der Waals surface area contributed by atoms with Gasteiger partial charge in [-0.1, -0.05) is 17.7 Å². The lowest BCUT2D eigenvalue weighted by molar-refractivity contribution is -0.134. The summed E-state index contributed by atoms with van der Waals surface area (Å²) in [6.07, 6.45) is 3.79. The lowest BCUT2D eigenvalue weighted by Crippen LogP contribution is -2.44. The zero-order chi connectivity index (χ0) is 18.8. The van der Waals surface area contributed by atoms with E-state index in [0.717, 1.165) is 17.8 Å². The maximum absolute atomic E-state index is 12.7. The van der Waals surface area contributed by atoms with Crippen LogP contribution in [0.5, 0.6) is 0 Å². The first-order valence-corrected chi connectivity index (χ1v) is 8.70. The maximum Gasteiger partial charge on any atom is 0.291 e. The molecule has 7 nitrogen and oxygen atoms in total. The summed E-state index contributed by atoms with van der Waals surface area (Å²) < 4.78 is 1.55. The van der Waals surface area contributed by atoms with Crippen molar-refractivity contribution >= 4 is 29.5 Å². The second-order valence-electron chi connectivity index (χ2n) is 6.15. The Morgan fingerprint density at radius 1 is 1.19 bits per heavy atom. The Morgan fingerprint density at radius 3 is 2.58 bits per heavy atom. The maximum atomic E-state index is 12.7. The molecule has 8 heteroatoms. The fourth-order valence-electron chi connectivity index (χ4n) is 2.92. The van der Waals surface area contributed by atoms with Crippen molar-refractivity contribution in [2.24, 2.45) is 7.05 Å². The van der Waals surface area contributed by atoms with Crippen LogP contribution in [0.1, 0.15) is 33.9 Å². The van der Waals surface area contributed by atoms with Crippen LogP contribution in [0.25, 0.3) is 6.08 Å². The van der Waals surface area contributed by atoms with Crippen molar-refractivity contribution in [2.75, 3.05) is 13.1 Å². The van der Waals surface area contributed by atoms with E-state index in [1.165, 1.54) is 16.1 Å². The highest BCUT2D eigenvalue weighted by Crippen LogP contribution is 2.21. The molecule has 2 aromatic rings. The van der Waals surface area contributed by atoms with Crippen LogP contribution in [-0.2, 0) is 11.8 Å². The van der Waals surface area contributed by atoms with E-state index in [2.05, 4.69) is 10.1 Å². The van der Waals surface area contributed by atoms with Crippen LogP contribution in [0, 0.1) is 13.8 Å². The highest BCUT2D eigenvalue weighted by molar-refractivity contribution is 6.31. The number of nitrogens with zero attached hydrogens (tertiary/aromatic N) is 5. The second-order valence-corrected chi connectivity index (χ2v) is 6.51. The minimum atomic E-state index is -0.275. The molecule has 0 atom stereocenters. The third-order valence-corrected chi connectivity index (χ3v) is 4.66. The second kappa shape index (κ2) is 7.29. The van der Waals surface area contributed by atoms with Gasteiger partial charge < -0.3 is 0 Å². The monoisotopic (exact) mass is 373 g/mol. The van der Waals surface area contributed by atoms with Crippen LogP contribution in [0.15, 0.2) is 24.3 Å². The van der Waals surface area contributed by atoms with Crippen molar-refractivity contribution in [1.82, 2.24) is 24.8 Å². The van der Waals surface area contributed by atoms with E-state index in [4.69, 9.17) is 11.6 Å². The topological polar surface area (TPSA) is 71.3 Å². The number of halogens is 1. The normalized spacial score (nSPS) is 14.5. The molecule has 0 N–H and O–H groups in total. The molecule has 3 heterocycles. The molecule has 0 spiro atoms. The molecular formula is C18H20ClN5O2. The van der Waals surface area contributed by atoms with E-state index in [-0.39, 0.29) is 11.8 Å². The van der Waals surface area contributed by atoms with Crippen molar-refractivity contribution in [3.8, 4) is 0 Å². The predicted molar refractivity (Wildman–Crippen MR) is 98.3 cm³/mol. The first-order valence-electron chi connectivity index (χ1n) is 8.32. The Labute approximate surface area is 156 Å². The number of aromatic nitrogens is 3. The number of carbonyl (C=O) groups is 2. The van der Waals surface area contributed by atoms with Gasteiger partial charge in [-0.3, -0.25) is 14.3 Å². The summed E-state index contributed by atoms with van der Waals surface area (Å²) in [7, 11) is 1.74. The molecule has 0 bridgehead atoms. The predicted octanol–water partition coefficient (Wildman–Crippen LogP) is 2.39.